The van der Waals surface area contributed by atoms with Gasteiger partial charge in [0, 0.05) is 17.7 Å². The van der Waals surface area contributed by atoms with Crippen LogP contribution in [0.1, 0.15) is 31.4 Å². The second-order valence-corrected chi connectivity index (χ2v) is 7.26. The summed E-state index contributed by atoms with van der Waals surface area (Å²) in [7, 11) is 0. The van der Waals surface area contributed by atoms with Crippen molar-refractivity contribution in [1.82, 2.24) is 5.43 Å². The molecule has 3 N–H and O–H groups in total. The first-order valence-corrected chi connectivity index (χ1v) is 8.78. The van der Waals surface area contributed by atoms with E-state index >= 15 is 0 Å². The predicted molar refractivity (Wildman–Crippen MR) is 104 cm³/mol. The quantitative estimate of drug-likeness (QED) is 0.699. The standard InChI is InChI=1S/C20H19F3N4O2/c1-19(2)11-16(26-27-17(19)28)14-8-3-4-9-15(14)25-18(29)24-13-7-5-6-12(10-13)20(21,22)23/h3-10H,11H2,1-2H3,(H,27,28)(H2,24,25,29). The zero-order valence-corrected chi connectivity index (χ0v) is 15.7. The lowest BCUT2D eigenvalue weighted by molar-refractivity contribution is -0.137. The minimum absolute atomic E-state index is 0.0122. The number of alkyl halides is 3. The van der Waals surface area contributed by atoms with Crippen molar-refractivity contribution in [2.24, 2.45) is 10.5 Å². The van der Waals surface area contributed by atoms with Gasteiger partial charge in [-0.25, -0.2) is 10.2 Å². The molecule has 0 atom stereocenters. The van der Waals surface area contributed by atoms with Crippen LogP contribution in [0.4, 0.5) is 29.3 Å². The molecule has 152 valence electrons. The van der Waals surface area contributed by atoms with Crippen LogP contribution in [-0.2, 0) is 11.0 Å². The van der Waals surface area contributed by atoms with E-state index in [0.29, 0.717) is 23.4 Å². The zero-order chi connectivity index (χ0) is 21.2. The molecular formula is C20H19F3N4O2. The van der Waals surface area contributed by atoms with E-state index in [9.17, 15) is 22.8 Å². The average molecular weight is 404 g/mol. The average Bonchev–Trinajstić information content (AvgIpc) is 2.64. The fourth-order valence-corrected chi connectivity index (χ4v) is 2.87. The van der Waals surface area contributed by atoms with Crippen molar-refractivity contribution in [2.45, 2.75) is 26.4 Å². The van der Waals surface area contributed by atoms with Crippen molar-refractivity contribution >= 4 is 29.0 Å². The molecule has 0 aliphatic carbocycles. The molecule has 29 heavy (non-hydrogen) atoms. The number of nitrogens with one attached hydrogen (secondary N) is 3. The summed E-state index contributed by atoms with van der Waals surface area (Å²) in [5, 5.41) is 9.11. The molecule has 3 rings (SSSR count). The fraction of sp³-hybridized carbons (Fsp3) is 0.250. The highest BCUT2D eigenvalue weighted by Gasteiger charge is 2.34. The summed E-state index contributed by atoms with van der Waals surface area (Å²) in [4.78, 5) is 24.2. The Morgan fingerprint density at radius 1 is 1.10 bits per heavy atom. The Morgan fingerprint density at radius 3 is 2.52 bits per heavy atom. The maximum Gasteiger partial charge on any atom is 0.416 e. The highest BCUT2D eigenvalue weighted by Crippen LogP contribution is 2.31. The van der Waals surface area contributed by atoms with Crippen LogP contribution in [0.15, 0.2) is 53.6 Å². The third-order valence-electron chi connectivity index (χ3n) is 4.45. The molecule has 3 amide bonds. The van der Waals surface area contributed by atoms with Gasteiger partial charge in [0.2, 0.25) is 5.91 Å². The van der Waals surface area contributed by atoms with E-state index in [0.717, 1.165) is 12.1 Å². The van der Waals surface area contributed by atoms with Gasteiger partial charge in [0.15, 0.2) is 0 Å². The van der Waals surface area contributed by atoms with Gasteiger partial charge in [0.25, 0.3) is 0 Å². The van der Waals surface area contributed by atoms with Gasteiger partial charge in [0.05, 0.1) is 22.4 Å². The molecule has 1 aliphatic heterocycles. The lowest BCUT2D eigenvalue weighted by atomic mass is 9.83. The Morgan fingerprint density at radius 2 is 1.83 bits per heavy atom. The van der Waals surface area contributed by atoms with E-state index in [4.69, 9.17) is 0 Å². The van der Waals surface area contributed by atoms with E-state index in [2.05, 4.69) is 21.2 Å². The Balaban J connectivity index is 1.78. The number of amides is 3. The second kappa shape index (κ2) is 7.57. The highest BCUT2D eigenvalue weighted by molar-refractivity contribution is 6.11. The van der Waals surface area contributed by atoms with Crippen molar-refractivity contribution in [3.63, 3.8) is 0 Å². The number of carbonyl (C=O) groups is 2. The number of para-hydroxylation sites is 1. The van der Waals surface area contributed by atoms with Gasteiger partial charge in [-0.15, -0.1) is 0 Å². The van der Waals surface area contributed by atoms with Gasteiger partial charge in [0.1, 0.15) is 0 Å². The summed E-state index contributed by atoms with van der Waals surface area (Å²) < 4.78 is 38.5. The monoisotopic (exact) mass is 404 g/mol. The van der Waals surface area contributed by atoms with E-state index in [1.165, 1.54) is 12.1 Å². The minimum atomic E-state index is -4.50. The molecule has 1 heterocycles. The molecule has 0 fully saturated rings. The molecule has 2 aromatic rings. The van der Waals surface area contributed by atoms with Crippen LogP contribution < -0.4 is 16.1 Å². The topological polar surface area (TPSA) is 82.6 Å². The fourth-order valence-electron chi connectivity index (χ4n) is 2.87. The number of hydrazone groups is 1. The van der Waals surface area contributed by atoms with Crippen LogP contribution >= 0.6 is 0 Å². The van der Waals surface area contributed by atoms with Crippen molar-refractivity contribution in [3.05, 3.63) is 59.7 Å². The Labute approximate surface area is 165 Å². The van der Waals surface area contributed by atoms with Gasteiger partial charge >= 0.3 is 12.2 Å². The SMILES string of the molecule is CC1(C)CC(c2ccccc2NC(=O)Nc2cccc(C(F)(F)F)c2)=NNC1=O. The highest BCUT2D eigenvalue weighted by atomic mass is 19.4. The molecule has 0 saturated carbocycles. The summed E-state index contributed by atoms with van der Waals surface area (Å²) in [5.74, 6) is -0.200. The number of benzene rings is 2. The van der Waals surface area contributed by atoms with Crippen LogP contribution in [0.5, 0.6) is 0 Å². The minimum Gasteiger partial charge on any atom is -0.308 e. The summed E-state index contributed by atoms with van der Waals surface area (Å²) in [6.45, 7) is 3.57. The first kappa shape index (κ1) is 20.4. The second-order valence-electron chi connectivity index (χ2n) is 7.26. The van der Waals surface area contributed by atoms with E-state index in [1.54, 1.807) is 38.1 Å². The lowest BCUT2D eigenvalue weighted by Crippen LogP contribution is -2.41. The van der Waals surface area contributed by atoms with Gasteiger partial charge in [-0.05, 0) is 24.3 Å². The van der Waals surface area contributed by atoms with Crippen molar-refractivity contribution in [1.29, 1.82) is 0 Å². The summed E-state index contributed by atoms with van der Waals surface area (Å²) in [6, 6.07) is 10.5. The summed E-state index contributed by atoms with van der Waals surface area (Å²) >= 11 is 0. The number of rotatable bonds is 3. The number of hydrogen-bond acceptors (Lipinski definition) is 3. The third-order valence-corrected chi connectivity index (χ3v) is 4.45. The van der Waals surface area contributed by atoms with E-state index < -0.39 is 23.2 Å². The van der Waals surface area contributed by atoms with Crippen LogP contribution in [0, 0.1) is 5.41 Å². The lowest BCUT2D eigenvalue weighted by Gasteiger charge is -2.28. The molecule has 0 unspecified atom stereocenters. The van der Waals surface area contributed by atoms with E-state index in [1.807, 2.05) is 0 Å². The first-order valence-electron chi connectivity index (χ1n) is 8.78. The van der Waals surface area contributed by atoms with Gasteiger partial charge in [-0.1, -0.05) is 38.1 Å². The van der Waals surface area contributed by atoms with Crippen LogP contribution in [-0.4, -0.2) is 17.6 Å². The van der Waals surface area contributed by atoms with Crippen molar-refractivity contribution in [2.75, 3.05) is 10.6 Å². The summed E-state index contributed by atoms with van der Waals surface area (Å²) in [5.41, 5.74) is 2.59. The first-order chi connectivity index (χ1) is 13.6. The Hall–Kier alpha value is -3.36. The molecule has 2 aromatic carbocycles. The Bertz CT molecular complexity index is 984. The molecular weight excluding hydrogens is 385 g/mol. The summed E-state index contributed by atoms with van der Waals surface area (Å²) in [6.07, 6.45) is -4.14. The maximum absolute atomic E-state index is 12.8. The van der Waals surface area contributed by atoms with E-state index in [-0.39, 0.29) is 11.6 Å². The van der Waals surface area contributed by atoms with Crippen LogP contribution in [0.3, 0.4) is 0 Å². The predicted octanol–water partition coefficient (Wildman–Crippen LogP) is 4.60. The van der Waals surface area contributed by atoms with Crippen molar-refractivity contribution in [3.8, 4) is 0 Å². The molecule has 1 aliphatic rings. The number of anilines is 2. The van der Waals surface area contributed by atoms with Gasteiger partial charge in [-0.2, -0.15) is 18.3 Å². The van der Waals surface area contributed by atoms with Crippen molar-refractivity contribution < 1.29 is 22.8 Å². The van der Waals surface area contributed by atoms with Crippen LogP contribution in [0.2, 0.25) is 0 Å². The zero-order valence-electron chi connectivity index (χ0n) is 15.7. The number of urea groups is 1. The number of hydrogen-bond donors (Lipinski definition) is 3. The number of nitrogens with zero attached hydrogens (tertiary/aromatic N) is 1. The molecule has 6 nitrogen and oxygen atoms in total. The molecule has 0 aromatic heterocycles. The number of carbonyl (C=O) groups excluding carboxylic acids is 2. The molecule has 0 spiro atoms. The smallest absolute Gasteiger partial charge is 0.308 e. The normalized spacial score (nSPS) is 15.9. The molecule has 0 radical (unpaired) electrons. The number of halogens is 3. The van der Waals surface area contributed by atoms with Gasteiger partial charge < -0.3 is 10.6 Å². The maximum atomic E-state index is 12.8. The Kier molecular flexibility index (Phi) is 5.32. The van der Waals surface area contributed by atoms with Crippen LogP contribution in [0.25, 0.3) is 0 Å². The van der Waals surface area contributed by atoms with Gasteiger partial charge in [-0.3, -0.25) is 4.79 Å². The molecule has 0 bridgehead atoms. The third kappa shape index (κ3) is 4.74. The molecule has 0 saturated heterocycles. The largest absolute Gasteiger partial charge is 0.416 e. The molecule has 9 heteroatoms.